The molecule has 0 aliphatic heterocycles. The molecule has 30 heavy (non-hydrogen) atoms. The van der Waals surface area contributed by atoms with Gasteiger partial charge in [0.05, 0.1) is 5.02 Å². The van der Waals surface area contributed by atoms with E-state index in [1.165, 1.54) is 30.3 Å². The van der Waals surface area contributed by atoms with Crippen LogP contribution >= 0.6 is 11.6 Å². The van der Waals surface area contributed by atoms with Crippen LogP contribution in [0.5, 0.6) is 0 Å². The highest BCUT2D eigenvalue weighted by molar-refractivity contribution is 6.30. The molecule has 0 aliphatic rings. The molecule has 0 N–H and O–H groups in total. The molecule has 0 bridgehead atoms. The van der Waals surface area contributed by atoms with Gasteiger partial charge in [0.2, 0.25) is 0 Å². The molecule has 0 saturated heterocycles. The molecular formula is C25H23ClF4. The van der Waals surface area contributed by atoms with Gasteiger partial charge < -0.3 is 0 Å². The van der Waals surface area contributed by atoms with Crippen LogP contribution in [-0.4, -0.2) is 0 Å². The van der Waals surface area contributed by atoms with Crippen molar-refractivity contribution in [1.82, 2.24) is 0 Å². The van der Waals surface area contributed by atoms with E-state index in [0.717, 1.165) is 12.0 Å². The molecule has 0 nitrogen and oxygen atoms in total. The second-order valence-electron chi connectivity index (χ2n) is 7.46. The zero-order valence-electron chi connectivity index (χ0n) is 16.8. The summed E-state index contributed by atoms with van der Waals surface area (Å²) in [4.78, 5) is 0. The van der Waals surface area contributed by atoms with E-state index in [2.05, 4.69) is 0 Å². The lowest BCUT2D eigenvalue weighted by molar-refractivity contribution is 0.550. The van der Waals surface area contributed by atoms with Gasteiger partial charge in [0.15, 0.2) is 0 Å². The van der Waals surface area contributed by atoms with Gasteiger partial charge in [-0.05, 0) is 84.7 Å². The number of halogens is 5. The zero-order valence-corrected chi connectivity index (χ0v) is 17.5. The molecule has 0 heterocycles. The van der Waals surface area contributed by atoms with Gasteiger partial charge in [-0.3, -0.25) is 0 Å². The van der Waals surface area contributed by atoms with Gasteiger partial charge in [-0.1, -0.05) is 43.1 Å². The van der Waals surface area contributed by atoms with Crippen LogP contribution in [0.4, 0.5) is 17.6 Å². The monoisotopic (exact) mass is 434 g/mol. The molecule has 0 radical (unpaired) electrons. The Bertz CT molecular complexity index is 1010. The number of aryl methyl sites for hydroxylation is 4. The van der Waals surface area contributed by atoms with Crippen molar-refractivity contribution in [2.75, 3.05) is 0 Å². The van der Waals surface area contributed by atoms with Gasteiger partial charge in [0.1, 0.15) is 23.3 Å². The van der Waals surface area contributed by atoms with Gasteiger partial charge in [-0.15, -0.1) is 0 Å². The fourth-order valence-electron chi connectivity index (χ4n) is 3.52. The van der Waals surface area contributed by atoms with E-state index in [9.17, 15) is 17.6 Å². The van der Waals surface area contributed by atoms with Crippen LogP contribution in [0.15, 0.2) is 48.5 Å². The minimum absolute atomic E-state index is 0.0316. The molecule has 3 rings (SSSR count). The maximum atomic E-state index is 14.5. The molecular weight excluding hydrogens is 412 g/mol. The van der Waals surface area contributed by atoms with Crippen LogP contribution < -0.4 is 0 Å². The summed E-state index contributed by atoms with van der Waals surface area (Å²) in [6.07, 6.45) is 2.83. The molecule has 3 aromatic carbocycles. The third kappa shape index (κ3) is 5.63. The van der Waals surface area contributed by atoms with Crippen molar-refractivity contribution >= 4 is 11.6 Å². The van der Waals surface area contributed by atoms with Gasteiger partial charge in [-0.25, -0.2) is 17.6 Å². The fourth-order valence-corrected chi connectivity index (χ4v) is 3.64. The highest BCUT2D eigenvalue weighted by Crippen LogP contribution is 2.21. The van der Waals surface area contributed by atoms with Crippen molar-refractivity contribution in [2.24, 2.45) is 0 Å². The van der Waals surface area contributed by atoms with Gasteiger partial charge in [-0.2, -0.15) is 0 Å². The summed E-state index contributed by atoms with van der Waals surface area (Å²) < 4.78 is 56.5. The molecule has 3 aromatic rings. The number of benzene rings is 3. The summed E-state index contributed by atoms with van der Waals surface area (Å²) in [7, 11) is 0. The minimum Gasteiger partial charge on any atom is -0.207 e. The molecule has 0 fully saturated rings. The predicted octanol–water partition coefficient (Wildman–Crippen LogP) is 7.42. The van der Waals surface area contributed by atoms with Crippen molar-refractivity contribution in [1.29, 1.82) is 0 Å². The first kappa shape index (κ1) is 22.4. The van der Waals surface area contributed by atoms with Crippen molar-refractivity contribution < 1.29 is 17.6 Å². The van der Waals surface area contributed by atoms with Crippen LogP contribution in [0.2, 0.25) is 5.02 Å². The first-order chi connectivity index (χ1) is 14.4. The Morgan fingerprint density at radius 1 is 0.600 bits per heavy atom. The van der Waals surface area contributed by atoms with Crippen LogP contribution in [0.3, 0.4) is 0 Å². The smallest absolute Gasteiger partial charge is 0.142 e. The average Bonchev–Trinajstić information content (AvgIpc) is 2.69. The molecule has 0 atom stereocenters. The maximum absolute atomic E-state index is 14.5. The standard InChI is InChI=1S/C25H23ClF4/c1-2-3-18-14-23(28)20(24(29)15-18)10-6-16-4-8-19(22(27)12-16)9-5-17-7-11-21(26)25(30)13-17/h4,7-8,11-15H,2-3,5-6,9-10H2,1H3. The van der Waals surface area contributed by atoms with E-state index >= 15 is 0 Å². The SMILES string of the molecule is CCCc1cc(F)c(CCc2ccc(CCc3ccc(Cl)c(F)c3)c(F)c2)c(F)c1. The Kier molecular flexibility index (Phi) is 7.54. The van der Waals surface area contributed by atoms with Crippen molar-refractivity contribution in [3.8, 4) is 0 Å². The van der Waals surface area contributed by atoms with E-state index in [0.29, 0.717) is 42.4 Å². The first-order valence-electron chi connectivity index (χ1n) is 10.1. The third-order valence-corrected chi connectivity index (χ3v) is 5.49. The molecule has 0 aromatic heterocycles. The van der Waals surface area contributed by atoms with Crippen molar-refractivity contribution in [3.63, 3.8) is 0 Å². The van der Waals surface area contributed by atoms with Crippen LogP contribution in [0.25, 0.3) is 0 Å². The van der Waals surface area contributed by atoms with Gasteiger partial charge >= 0.3 is 0 Å². The highest BCUT2D eigenvalue weighted by atomic mass is 35.5. The Balaban J connectivity index is 1.63. The lowest BCUT2D eigenvalue weighted by Crippen LogP contribution is -2.02. The Hall–Kier alpha value is -2.33. The van der Waals surface area contributed by atoms with Gasteiger partial charge in [0.25, 0.3) is 0 Å². The van der Waals surface area contributed by atoms with E-state index in [1.807, 2.05) is 6.92 Å². The average molecular weight is 435 g/mol. The van der Waals surface area contributed by atoms with Crippen LogP contribution in [-0.2, 0) is 32.1 Å². The maximum Gasteiger partial charge on any atom is 0.142 e. The summed E-state index contributed by atoms with van der Waals surface area (Å²) in [5.41, 5.74) is 2.59. The number of hydrogen-bond donors (Lipinski definition) is 0. The molecule has 158 valence electrons. The second kappa shape index (κ2) is 10.1. The second-order valence-corrected chi connectivity index (χ2v) is 7.87. The van der Waals surface area contributed by atoms with Crippen LogP contribution in [0.1, 0.15) is 41.2 Å². The van der Waals surface area contributed by atoms with Gasteiger partial charge in [0, 0.05) is 5.56 Å². The lowest BCUT2D eigenvalue weighted by Gasteiger charge is -2.10. The van der Waals surface area contributed by atoms with Crippen molar-refractivity contribution in [2.45, 2.75) is 45.4 Å². The summed E-state index contributed by atoms with van der Waals surface area (Å²) in [5, 5.41) is 0.0576. The predicted molar refractivity (Wildman–Crippen MR) is 113 cm³/mol. The third-order valence-electron chi connectivity index (χ3n) is 5.19. The Morgan fingerprint density at radius 2 is 1.17 bits per heavy atom. The molecule has 0 aliphatic carbocycles. The summed E-state index contributed by atoms with van der Waals surface area (Å²) in [6, 6.07) is 12.2. The van der Waals surface area contributed by atoms with Crippen LogP contribution in [0, 0.1) is 23.3 Å². The van der Waals surface area contributed by atoms with Crippen molar-refractivity contribution in [3.05, 3.63) is 105 Å². The topological polar surface area (TPSA) is 0 Å². The zero-order chi connectivity index (χ0) is 21.7. The summed E-state index contributed by atoms with van der Waals surface area (Å²) in [5.74, 6) is -1.97. The number of rotatable bonds is 8. The Morgan fingerprint density at radius 3 is 1.77 bits per heavy atom. The molecule has 0 unspecified atom stereocenters. The first-order valence-corrected chi connectivity index (χ1v) is 10.4. The molecule has 0 amide bonds. The fraction of sp³-hybridized carbons (Fsp3) is 0.280. The van der Waals surface area contributed by atoms with E-state index in [-0.39, 0.29) is 22.8 Å². The van der Waals surface area contributed by atoms with E-state index in [1.54, 1.807) is 18.2 Å². The minimum atomic E-state index is -0.550. The lowest BCUT2D eigenvalue weighted by atomic mass is 9.98. The van der Waals surface area contributed by atoms with E-state index < -0.39 is 17.5 Å². The molecule has 0 saturated carbocycles. The molecule has 5 heteroatoms. The largest absolute Gasteiger partial charge is 0.207 e. The Labute approximate surface area is 179 Å². The summed E-state index contributed by atoms with van der Waals surface area (Å²) in [6.45, 7) is 1.95. The van der Waals surface area contributed by atoms with E-state index in [4.69, 9.17) is 11.6 Å². The highest BCUT2D eigenvalue weighted by Gasteiger charge is 2.12. The quantitative estimate of drug-likeness (QED) is 0.323. The normalized spacial score (nSPS) is 11.1. The molecule has 0 spiro atoms. The summed E-state index contributed by atoms with van der Waals surface area (Å²) >= 11 is 5.67. The number of hydrogen-bond acceptors (Lipinski definition) is 0.